The van der Waals surface area contributed by atoms with Crippen LogP contribution in [0.4, 0.5) is 0 Å². The minimum absolute atomic E-state index is 0.0183. The number of hydrogen-bond donors (Lipinski definition) is 1. The lowest BCUT2D eigenvalue weighted by molar-refractivity contribution is 0.699. The highest BCUT2D eigenvalue weighted by Crippen LogP contribution is 2.37. The monoisotopic (exact) mass is 313 g/mol. The van der Waals surface area contributed by atoms with Gasteiger partial charge in [-0.15, -0.1) is 0 Å². The van der Waals surface area contributed by atoms with Gasteiger partial charge in [0.05, 0.1) is 10.0 Å². The zero-order valence-corrected chi connectivity index (χ0v) is 12.7. The first kappa shape index (κ1) is 14.7. The molecular weight excluding hydrogens is 301 g/mol. The number of halogens is 3. The lowest BCUT2D eigenvalue weighted by Crippen LogP contribution is -2.08. The van der Waals surface area contributed by atoms with Crippen molar-refractivity contribution in [1.29, 1.82) is 0 Å². The van der Waals surface area contributed by atoms with Gasteiger partial charge in [-0.05, 0) is 35.7 Å². The maximum Gasteiger partial charge on any atom is 0.0514 e. The molecule has 1 unspecified atom stereocenters. The minimum Gasteiger partial charge on any atom is -0.324 e. The largest absolute Gasteiger partial charge is 0.324 e. The van der Waals surface area contributed by atoms with Crippen LogP contribution in [0.5, 0.6) is 0 Å². The summed E-state index contributed by atoms with van der Waals surface area (Å²) in [6, 6.07) is 11.4. The molecule has 0 bridgehead atoms. The van der Waals surface area contributed by atoms with E-state index >= 15 is 0 Å². The summed E-state index contributed by atoms with van der Waals surface area (Å²) in [5.74, 6) is 0. The first-order chi connectivity index (χ1) is 9.02. The third-order valence-corrected chi connectivity index (χ3v) is 3.86. The van der Waals surface area contributed by atoms with E-state index in [9.17, 15) is 0 Å². The Labute approximate surface area is 128 Å². The molecule has 100 valence electrons. The molecule has 0 aliphatic rings. The van der Waals surface area contributed by atoms with Gasteiger partial charge in [-0.3, -0.25) is 0 Å². The van der Waals surface area contributed by atoms with Crippen molar-refractivity contribution >= 4 is 34.8 Å². The molecule has 0 spiro atoms. The molecule has 0 heterocycles. The molecule has 0 aromatic heterocycles. The zero-order valence-electron chi connectivity index (χ0n) is 10.5. The van der Waals surface area contributed by atoms with E-state index in [4.69, 9.17) is 40.5 Å². The van der Waals surface area contributed by atoms with Crippen LogP contribution in [0.15, 0.2) is 36.4 Å². The summed E-state index contributed by atoms with van der Waals surface area (Å²) >= 11 is 18.4. The minimum atomic E-state index is 0.0183. The van der Waals surface area contributed by atoms with Crippen LogP contribution in [0.2, 0.25) is 15.1 Å². The first-order valence-corrected chi connectivity index (χ1v) is 7.16. The molecule has 2 N–H and O–H groups in total. The van der Waals surface area contributed by atoms with Gasteiger partial charge in [0.25, 0.3) is 0 Å². The van der Waals surface area contributed by atoms with E-state index < -0.39 is 0 Å². The molecule has 0 fully saturated rings. The third-order valence-electron chi connectivity index (χ3n) is 3.05. The summed E-state index contributed by atoms with van der Waals surface area (Å²) in [7, 11) is 0. The highest BCUT2D eigenvalue weighted by atomic mass is 35.5. The predicted molar refractivity (Wildman–Crippen MR) is 84.1 cm³/mol. The Morgan fingerprint density at radius 3 is 2.26 bits per heavy atom. The standard InChI is InChI=1S/C15H14Cl3N/c1-2-14(19)9-4-3-5-10(6-9)15-12(17)7-11(16)8-13(15)18/h3-8,14H,2,19H2,1H3. The Kier molecular flexibility index (Phi) is 4.75. The van der Waals surface area contributed by atoms with Crippen molar-refractivity contribution in [2.75, 3.05) is 0 Å². The van der Waals surface area contributed by atoms with Crippen LogP contribution in [-0.2, 0) is 0 Å². The highest BCUT2D eigenvalue weighted by Gasteiger charge is 2.12. The normalized spacial score (nSPS) is 12.5. The maximum absolute atomic E-state index is 6.23. The Hall–Kier alpha value is -0.730. The molecule has 2 aromatic carbocycles. The van der Waals surface area contributed by atoms with Gasteiger partial charge in [0, 0.05) is 16.6 Å². The molecule has 0 aliphatic carbocycles. The molecule has 0 saturated carbocycles. The van der Waals surface area contributed by atoms with Gasteiger partial charge in [0.15, 0.2) is 0 Å². The molecule has 4 heteroatoms. The summed E-state index contributed by atoms with van der Waals surface area (Å²) < 4.78 is 0. The van der Waals surface area contributed by atoms with E-state index in [1.165, 1.54) is 0 Å². The molecule has 1 nitrogen and oxygen atoms in total. The van der Waals surface area contributed by atoms with Crippen molar-refractivity contribution in [2.45, 2.75) is 19.4 Å². The van der Waals surface area contributed by atoms with Gasteiger partial charge >= 0.3 is 0 Å². The molecule has 2 aromatic rings. The number of benzene rings is 2. The van der Waals surface area contributed by atoms with Crippen molar-refractivity contribution < 1.29 is 0 Å². The van der Waals surface area contributed by atoms with E-state index in [1.807, 2.05) is 24.3 Å². The van der Waals surface area contributed by atoms with Crippen molar-refractivity contribution in [3.8, 4) is 11.1 Å². The Balaban J connectivity index is 2.54. The lowest BCUT2D eigenvalue weighted by atomic mass is 9.98. The summed E-state index contributed by atoms with van der Waals surface area (Å²) in [5, 5.41) is 1.61. The molecule has 19 heavy (non-hydrogen) atoms. The Bertz CT molecular complexity index is 573. The summed E-state index contributed by atoms with van der Waals surface area (Å²) in [6.07, 6.45) is 0.880. The quantitative estimate of drug-likeness (QED) is 0.770. The van der Waals surface area contributed by atoms with Crippen LogP contribution in [0, 0.1) is 0 Å². The van der Waals surface area contributed by atoms with Gasteiger partial charge in [0.1, 0.15) is 0 Å². The van der Waals surface area contributed by atoms with E-state index in [0.717, 1.165) is 23.1 Å². The number of hydrogen-bond acceptors (Lipinski definition) is 1. The number of rotatable bonds is 3. The number of nitrogens with two attached hydrogens (primary N) is 1. The van der Waals surface area contributed by atoms with Crippen molar-refractivity contribution in [1.82, 2.24) is 0 Å². The predicted octanol–water partition coefficient (Wildman–Crippen LogP) is 5.72. The fourth-order valence-electron chi connectivity index (χ4n) is 1.98. The molecule has 0 amide bonds. The van der Waals surface area contributed by atoms with E-state index in [-0.39, 0.29) is 6.04 Å². The third kappa shape index (κ3) is 3.24. The zero-order chi connectivity index (χ0) is 14.0. The van der Waals surface area contributed by atoms with Crippen molar-refractivity contribution in [3.05, 3.63) is 57.0 Å². The Morgan fingerprint density at radius 2 is 1.68 bits per heavy atom. The molecule has 0 saturated heterocycles. The van der Waals surface area contributed by atoms with Crippen LogP contribution in [-0.4, -0.2) is 0 Å². The second-order valence-corrected chi connectivity index (χ2v) is 5.64. The summed E-state index contributed by atoms with van der Waals surface area (Å²) in [5.41, 5.74) is 8.87. The van der Waals surface area contributed by atoms with Crippen molar-refractivity contribution in [2.24, 2.45) is 5.73 Å². The van der Waals surface area contributed by atoms with Crippen LogP contribution < -0.4 is 5.73 Å². The second-order valence-electron chi connectivity index (χ2n) is 4.38. The van der Waals surface area contributed by atoms with Crippen LogP contribution in [0.1, 0.15) is 24.9 Å². The van der Waals surface area contributed by atoms with E-state index in [2.05, 4.69) is 6.92 Å². The fourth-order valence-corrected chi connectivity index (χ4v) is 3.01. The van der Waals surface area contributed by atoms with Gasteiger partial charge < -0.3 is 5.73 Å². The van der Waals surface area contributed by atoms with Crippen LogP contribution >= 0.6 is 34.8 Å². The second kappa shape index (κ2) is 6.15. The summed E-state index contributed by atoms with van der Waals surface area (Å²) in [4.78, 5) is 0. The highest BCUT2D eigenvalue weighted by molar-refractivity contribution is 6.41. The maximum atomic E-state index is 6.23. The van der Waals surface area contributed by atoms with E-state index in [0.29, 0.717) is 15.1 Å². The Morgan fingerprint density at radius 1 is 1.05 bits per heavy atom. The van der Waals surface area contributed by atoms with Crippen molar-refractivity contribution in [3.63, 3.8) is 0 Å². The van der Waals surface area contributed by atoms with Gasteiger partial charge in [0.2, 0.25) is 0 Å². The lowest BCUT2D eigenvalue weighted by Gasteiger charge is -2.13. The summed E-state index contributed by atoms with van der Waals surface area (Å²) in [6.45, 7) is 2.06. The van der Waals surface area contributed by atoms with Gasteiger partial charge in [-0.1, -0.05) is 59.9 Å². The smallest absolute Gasteiger partial charge is 0.0514 e. The average molecular weight is 315 g/mol. The van der Waals surface area contributed by atoms with Crippen LogP contribution in [0.3, 0.4) is 0 Å². The molecule has 0 aliphatic heterocycles. The first-order valence-electron chi connectivity index (χ1n) is 6.03. The SMILES string of the molecule is CCC(N)c1cccc(-c2c(Cl)cc(Cl)cc2Cl)c1. The molecular formula is C15H14Cl3N. The molecule has 2 rings (SSSR count). The fraction of sp³-hybridized carbons (Fsp3) is 0.200. The van der Waals surface area contributed by atoms with Gasteiger partial charge in [-0.25, -0.2) is 0 Å². The topological polar surface area (TPSA) is 26.0 Å². The average Bonchev–Trinajstić information content (AvgIpc) is 2.37. The van der Waals surface area contributed by atoms with Crippen LogP contribution in [0.25, 0.3) is 11.1 Å². The molecule has 0 radical (unpaired) electrons. The van der Waals surface area contributed by atoms with Gasteiger partial charge in [-0.2, -0.15) is 0 Å². The van der Waals surface area contributed by atoms with E-state index in [1.54, 1.807) is 12.1 Å². The molecule has 1 atom stereocenters.